The summed E-state index contributed by atoms with van der Waals surface area (Å²) in [6, 6.07) is 0. The standard InChI is InChI=1S/C51H86O20/c1-21-32(55)36(59)39(62)44(67-21)71-40-35(58)25(54)20-66-45(40)70-30-13-15-49(7)29-11-10-28-48(6)14-12-22(47(4,5)63)31(48)26(68-42-37(60)33(56)23(52)18-64-42)16-50(28,8)51(29,9)17-27(41(49)46(30,2)3)69-43-38(61)34(57)24(53)19-65-43/h21-45,52-63H,10-20H2,1-9H3/t21-,22+,23+,24+,25+,26-,27-,28+,29+,30-,31+,32-,33-,34-,35-,36+,37+,38+,39+,40+,41-,42-,43-,44-,45-,48+,49+,50+,51+/m0/s1. The zero-order valence-electron chi connectivity index (χ0n) is 42.8. The molecule has 5 saturated carbocycles. The molecular formula is C51H86O20. The first-order valence-corrected chi connectivity index (χ1v) is 26.3. The molecule has 20 heteroatoms. The fraction of sp³-hybridized carbons (Fsp3) is 1.00. The van der Waals surface area contributed by atoms with Gasteiger partial charge in [-0.1, -0.05) is 41.5 Å². The van der Waals surface area contributed by atoms with Crippen LogP contribution in [0.5, 0.6) is 0 Å². The van der Waals surface area contributed by atoms with E-state index in [-0.39, 0.29) is 54.8 Å². The number of rotatable bonds is 9. The molecule has 71 heavy (non-hydrogen) atoms. The summed E-state index contributed by atoms with van der Waals surface area (Å²) in [6.07, 6.45) is -20.4. The predicted octanol–water partition coefficient (Wildman–Crippen LogP) is -0.597. The van der Waals surface area contributed by atoms with Crippen LogP contribution in [-0.4, -0.2) is 210 Å². The summed E-state index contributed by atoms with van der Waals surface area (Å²) in [6.45, 7) is 17.9. The van der Waals surface area contributed by atoms with Crippen LogP contribution in [0.15, 0.2) is 0 Å². The van der Waals surface area contributed by atoms with Gasteiger partial charge in [-0.15, -0.1) is 0 Å². The van der Waals surface area contributed by atoms with E-state index in [0.29, 0.717) is 25.7 Å². The van der Waals surface area contributed by atoms with E-state index in [1.54, 1.807) is 0 Å². The molecule has 0 aromatic heterocycles. The lowest BCUT2D eigenvalue weighted by Crippen LogP contribution is -2.72. The van der Waals surface area contributed by atoms with Gasteiger partial charge >= 0.3 is 0 Å². The number of ether oxygens (including phenoxy) is 8. The molecule has 0 unspecified atom stereocenters. The molecule has 0 aromatic rings. The number of hydrogen-bond donors (Lipinski definition) is 12. The van der Waals surface area contributed by atoms with Crippen molar-refractivity contribution in [1.29, 1.82) is 0 Å². The zero-order chi connectivity index (χ0) is 51.9. The van der Waals surface area contributed by atoms with Crippen molar-refractivity contribution < 1.29 is 99.2 Å². The van der Waals surface area contributed by atoms with Gasteiger partial charge in [0.15, 0.2) is 25.2 Å². The second-order valence-corrected chi connectivity index (χ2v) is 25.6. The quantitative estimate of drug-likeness (QED) is 0.128. The van der Waals surface area contributed by atoms with E-state index in [2.05, 4.69) is 41.5 Å². The normalized spacial score (nSPS) is 57.5. The second-order valence-electron chi connectivity index (χ2n) is 25.6. The minimum atomic E-state index is -1.70. The molecule has 0 aromatic carbocycles. The maximum Gasteiger partial charge on any atom is 0.187 e. The summed E-state index contributed by atoms with van der Waals surface area (Å²) in [5, 5.41) is 131. The van der Waals surface area contributed by atoms with Crippen LogP contribution in [0, 0.1) is 56.7 Å². The van der Waals surface area contributed by atoms with Gasteiger partial charge in [-0.05, 0) is 129 Å². The molecule has 12 N–H and O–H groups in total. The Hall–Kier alpha value is -0.800. The summed E-state index contributed by atoms with van der Waals surface area (Å²) < 4.78 is 50.8. The predicted molar refractivity (Wildman–Crippen MR) is 246 cm³/mol. The van der Waals surface area contributed by atoms with Gasteiger partial charge < -0.3 is 99.2 Å². The Labute approximate surface area is 416 Å². The molecule has 0 radical (unpaired) electrons. The molecule has 4 aliphatic heterocycles. The highest BCUT2D eigenvalue weighted by molar-refractivity contribution is 5.23. The SMILES string of the molecule is C[C@@H]1O[C@@H](O[C@H]2[C@H](O[C@H]3CC[C@]4(C)[C@H]5CC[C@@H]6[C@@]7(C)CC[C@@H](C(C)(C)O)[C@@H]7[C@@H](O[C@@H]7OC[C@@H](O)[C@H](O)[C@H]7O)C[C@@]6(C)[C@]5(C)C[C@H](O[C@@H]5OC[C@@H](O)[C@H](O)[C@H]5O)[C@H]4C3(C)C)OC[C@@H](O)[C@@H]2O)[C@H](O)[C@H](O)[C@H]1O. The van der Waals surface area contributed by atoms with Gasteiger partial charge in [-0.25, -0.2) is 0 Å². The molecule has 9 rings (SSSR count). The monoisotopic (exact) mass is 1020 g/mol. The van der Waals surface area contributed by atoms with Gasteiger partial charge in [0.2, 0.25) is 0 Å². The molecule has 0 amide bonds. The molecule has 4 saturated heterocycles. The van der Waals surface area contributed by atoms with E-state index < -0.39 is 150 Å². The minimum Gasteiger partial charge on any atom is -0.390 e. The third-order valence-electron chi connectivity index (χ3n) is 20.9. The molecule has 0 bridgehead atoms. The summed E-state index contributed by atoms with van der Waals surface area (Å²) in [5.74, 6) is -0.412. The van der Waals surface area contributed by atoms with Crippen LogP contribution in [0.4, 0.5) is 0 Å². The molecule has 410 valence electrons. The van der Waals surface area contributed by atoms with Crippen LogP contribution in [0.3, 0.4) is 0 Å². The van der Waals surface area contributed by atoms with Crippen molar-refractivity contribution in [2.24, 2.45) is 56.7 Å². The molecule has 9 aliphatic rings. The van der Waals surface area contributed by atoms with Gasteiger partial charge in [0, 0.05) is 0 Å². The molecule has 20 nitrogen and oxygen atoms in total. The van der Waals surface area contributed by atoms with Crippen molar-refractivity contribution in [3.63, 3.8) is 0 Å². The van der Waals surface area contributed by atoms with Crippen molar-refractivity contribution in [1.82, 2.24) is 0 Å². The van der Waals surface area contributed by atoms with Crippen molar-refractivity contribution in [2.45, 2.75) is 242 Å². The number of fused-ring (bicyclic) bond motifs is 7. The summed E-state index contributed by atoms with van der Waals surface area (Å²) >= 11 is 0. The van der Waals surface area contributed by atoms with E-state index >= 15 is 0 Å². The Kier molecular flexibility index (Phi) is 14.9. The topological polar surface area (TPSA) is 317 Å². The summed E-state index contributed by atoms with van der Waals surface area (Å²) in [4.78, 5) is 0. The van der Waals surface area contributed by atoms with Crippen molar-refractivity contribution in [3.8, 4) is 0 Å². The van der Waals surface area contributed by atoms with E-state index in [9.17, 15) is 61.3 Å². The smallest absolute Gasteiger partial charge is 0.187 e. The van der Waals surface area contributed by atoms with Crippen LogP contribution < -0.4 is 0 Å². The molecule has 29 atom stereocenters. The Balaban J connectivity index is 1.07. The Bertz CT molecular complexity index is 1870. The average molecular weight is 1020 g/mol. The van der Waals surface area contributed by atoms with Gasteiger partial charge in [-0.3, -0.25) is 0 Å². The highest BCUT2D eigenvalue weighted by atomic mass is 16.8. The third kappa shape index (κ3) is 8.82. The molecule has 0 spiro atoms. The first kappa shape index (κ1) is 55.0. The van der Waals surface area contributed by atoms with Crippen molar-refractivity contribution in [3.05, 3.63) is 0 Å². The third-order valence-corrected chi connectivity index (χ3v) is 20.9. The first-order chi connectivity index (χ1) is 33.0. The largest absolute Gasteiger partial charge is 0.390 e. The van der Waals surface area contributed by atoms with E-state index in [4.69, 9.17) is 37.9 Å². The van der Waals surface area contributed by atoms with Crippen LogP contribution in [-0.2, 0) is 37.9 Å². The van der Waals surface area contributed by atoms with Crippen LogP contribution in [0.2, 0.25) is 0 Å². The Morgan fingerprint density at radius 3 is 1.54 bits per heavy atom. The fourth-order valence-corrected chi connectivity index (χ4v) is 17.3. The summed E-state index contributed by atoms with van der Waals surface area (Å²) in [7, 11) is 0. The first-order valence-electron chi connectivity index (χ1n) is 26.3. The van der Waals surface area contributed by atoms with E-state index in [0.717, 1.165) is 25.7 Å². The maximum absolute atomic E-state index is 11.8. The van der Waals surface area contributed by atoms with Crippen molar-refractivity contribution in [2.75, 3.05) is 19.8 Å². The number of aliphatic hydroxyl groups is 12. The van der Waals surface area contributed by atoms with Gasteiger partial charge in [-0.2, -0.15) is 0 Å². The molecule has 5 aliphatic carbocycles. The Morgan fingerprint density at radius 1 is 0.493 bits per heavy atom. The fourth-order valence-electron chi connectivity index (χ4n) is 17.3. The maximum atomic E-state index is 11.8. The lowest BCUT2D eigenvalue weighted by atomic mass is 9.31. The minimum absolute atomic E-state index is 0.0689. The average Bonchev–Trinajstić information content (AvgIpc) is 3.67. The molecule has 9 fully saturated rings. The molecular weight excluding hydrogens is 933 g/mol. The lowest BCUT2D eigenvalue weighted by Gasteiger charge is -2.75. The van der Waals surface area contributed by atoms with Crippen LogP contribution in [0.25, 0.3) is 0 Å². The number of aliphatic hydroxyl groups excluding tert-OH is 11. The lowest BCUT2D eigenvalue weighted by molar-refractivity contribution is -0.372. The van der Waals surface area contributed by atoms with Crippen LogP contribution >= 0.6 is 0 Å². The van der Waals surface area contributed by atoms with Gasteiger partial charge in [0.25, 0.3) is 0 Å². The highest BCUT2D eigenvalue weighted by Gasteiger charge is 2.75. The van der Waals surface area contributed by atoms with Crippen molar-refractivity contribution >= 4 is 0 Å². The van der Waals surface area contributed by atoms with Gasteiger partial charge in [0.05, 0.1) is 49.8 Å². The second kappa shape index (κ2) is 19.3. The zero-order valence-corrected chi connectivity index (χ0v) is 42.8. The Morgan fingerprint density at radius 2 is 0.972 bits per heavy atom. The van der Waals surface area contributed by atoms with E-state index in [1.807, 2.05) is 13.8 Å². The van der Waals surface area contributed by atoms with Gasteiger partial charge in [0.1, 0.15) is 73.2 Å². The summed E-state index contributed by atoms with van der Waals surface area (Å²) in [5.41, 5.74) is -3.67. The number of hydrogen-bond acceptors (Lipinski definition) is 20. The van der Waals surface area contributed by atoms with E-state index in [1.165, 1.54) is 6.92 Å². The van der Waals surface area contributed by atoms with Crippen LogP contribution in [0.1, 0.15) is 114 Å². The highest BCUT2D eigenvalue weighted by Crippen LogP contribution is 2.79. The molecule has 4 heterocycles.